The van der Waals surface area contributed by atoms with E-state index in [9.17, 15) is 30.6 Å². The Kier molecular flexibility index (Phi) is 10.7. The summed E-state index contributed by atoms with van der Waals surface area (Å²) in [4.78, 5) is 0. The molecule has 0 amide bonds. The van der Waals surface area contributed by atoms with E-state index in [2.05, 4.69) is 6.92 Å². The van der Waals surface area contributed by atoms with E-state index < -0.39 is 0 Å². The van der Waals surface area contributed by atoms with Gasteiger partial charge in [0.25, 0.3) is 0 Å². The number of benzene rings is 6. The summed E-state index contributed by atoms with van der Waals surface area (Å²) >= 11 is 0. The highest BCUT2D eigenvalue weighted by Crippen LogP contribution is 2.41. The van der Waals surface area contributed by atoms with E-state index in [-0.39, 0.29) is 40.4 Å². The molecule has 53 heavy (non-hydrogen) atoms. The molecule has 6 nitrogen and oxygen atoms in total. The third-order valence-corrected chi connectivity index (χ3v) is 10.3. The second-order valence-corrected chi connectivity index (χ2v) is 14.6. The van der Waals surface area contributed by atoms with Crippen molar-refractivity contribution in [3.63, 3.8) is 0 Å². The first-order valence-corrected chi connectivity index (χ1v) is 18.1. The van der Waals surface area contributed by atoms with E-state index >= 15 is 0 Å². The highest BCUT2D eigenvalue weighted by molar-refractivity contribution is 5.56. The Morgan fingerprint density at radius 1 is 0.358 bits per heavy atom. The Bertz CT molecular complexity index is 1990. The summed E-state index contributed by atoms with van der Waals surface area (Å²) in [5.74, 6) is 0.646. The molecule has 0 aliphatic rings. The minimum absolute atomic E-state index is 0.113. The number of phenolic OH excluding ortho intramolecular Hbond substituents is 6. The van der Waals surface area contributed by atoms with Crippen LogP contribution in [0.15, 0.2) is 97.1 Å². The summed E-state index contributed by atoms with van der Waals surface area (Å²) in [7, 11) is 0. The summed E-state index contributed by atoms with van der Waals surface area (Å²) in [6, 6.07) is 29.7. The molecule has 0 fully saturated rings. The summed E-state index contributed by atoms with van der Waals surface area (Å²) < 4.78 is 0. The van der Waals surface area contributed by atoms with Gasteiger partial charge in [-0.25, -0.2) is 0 Å². The van der Waals surface area contributed by atoms with Gasteiger partial charge in [0.05, 0.1) is 0 Å². The molecular weight excluding hydrogens is 661 g/mol. The van der Waals surface area contributed by atoms with Crippen molar-refractivity contribution < 1.29 is 30.6 Å². The van der Waals surface area contributed by atoms with E-state index in [4.69, 9.17) is 0 Å². The SMILES string of the molecule is CCC(c1cc(Cc2cc(C)ccc2O)c(O)c(Cc2cc(C)ccc2O)c1)c1cc(Cc2cc(C)ccc2O)c(O)c(Cc2cc(C)ccc2O)c1. The highest BCUT2D eigenvalue weighted by Gasteiger charge is 2.23. The molecule has 6 heteroatoms. The number of hydrogen-bond acceptors (Lipinski definition) is 6. The maximum absolute atomic E-state index is 11.8. The molecule has 6 N–H and O–H groups in total. The standard InChI is InChI=1S/C47H48O6/c1-6-41(31-19-37(23-33-15-27(2)7-11-42(33)48)46(52)38(20-31)24-34-16-28(3)8-12-43(34)49)32-21-39(25-35-17-29(4)9-13-44(35)50)47(53)40(22-32)26-36-18-30(5)10-14-45(36)51/h7-22,41,48-53H,6,23-26H2,1-5H3. The Balaban J connectivity index is 1.52. The first-order chi connectivity index (χ1) is 25.3. The first-order valence-electron chi connectivity index (χ1n) is 18.1. The van der Waals surface area contributed by atoms with E-state index in [0.717, 1.165) is 33.4 Å². The molecule has 6 rings (SSSR count). The molecule has 0 saturated heterocycles. The van der Waals surface area contributed by atoms with Crippen molar-refractivity contribution in [3.8, 4) is 34.5 Å². The second-order valence-electron chi connectivity index (χ2n) is 14.6. The van der Waals surface area contributed by atoms with Gasteiger partial charge in [-0.15, -0.1) is 0 Å². The van der Waals surface area contributed by atoms with Crippen molar-refractivity contribution in [2.75, 3.05) is 0 Å². The zero-order valence-electron chi connectivity index (χ0n) is 31.0. The van der Waals surface area contributed by atoms with Crippen LogP contribution >= 0.6 is 0 Å². The van der Waals surface area contributed by atoms with Gasteiger partial charge in [0.1, 0.15) is 34.5 Å². The minimum Gasteiger partial charge on any atom is -0.508 e. The average Bonchev–Trinajstić information content (AvgIpc) is 3.11. The largest absolute Gasteiger partial charge is 0.508 e. The van der Waals surface area contributed by atoms with Crippen LogP contribution in [0.2, 0.25) is 0 Å². The van der Waals surface area contributed by atoms with Gasteiger partial charge in [-0.3, -0.25) is 0 Å². The van der Waals surface area contributed by atoms with E-state index in [1.807, 2.05) is 100 Å². The lowest BCUT2D eigenvalue weighted by Crippen LogP contribution is -2.07. The zero-order valence-corrected chi connectivity index (χ0v) is 31.0. The van der Waals surface area contributed by atoms with Crippen LogP contribution in [0.1, 0.15) is 97.2 Å². The van der Waals surface area contributed by atoms with Crippen molar-refractivity contribution >= 4 is 0 Å². The number of hydrogen-bond donors (Lipinski definition) is 6. The predicted molar refractivity (Wildman–Crippen MR) is 211 cm³/mol. The fourth-order valence-corrected chi connectivity index (χ4v) is 7.42. The van der Waals surface area contributed by atoms with Crippen molar-refractivity contribution in [1.82, 2.24) is 0 Å². The van der Waals surface area contributed by atoms with Crippen molar-refractivity contribution in [2.24, 2.45) is 0 Å². The molecule has 0 aromatic heterocycles. The fraction of sp³-hybridized carbons (Fsp3) is 0.234. The molecule has 0 spiro atoms. The Labute approximate surface area is 311 Å². The van der Waals surface area contributed by atoms with Gasteiger partial charge in [-0.2, -0.15) is 0 Å². The Morgan fingerprint density at radius 3 is 0.830 bits per heavy atom. The van der Waals surface area contributed by atoms with Crippen LogP contribution in [0, 0.1) is 27.7 Å². The average molecular weight is 709 g/mol. The smallest absolute Gasteiger partial charge is 0.122 e. The van der Waals surface area contributed by atoms with Gasteiger partial charge >= 0.3 is 0 Å². The van der Waals surface area contributed by atoms with Crippen molar-refractivity contribution in [1.29, 1.82) is 0 Å². The molecular formula is C47H48O6. The molecule has 0 heterocycles. The van der Waals surface area contributed by atoms with Crippen LogP contribution < -0.4 is 0 Å². The molecule has 6 aromatic carbocycles. The molecule has 0 atom stereocenters. The number of rotatable bonds is 11. The fourth-order valence-electron chi connectivity index (χ4n) is 7.42. The highest BCUT2D eigenvalue weighted by atomic mass is 16.3. The molecule has 0 bridgehead atoms. The van der Waals surface area contributed by atoms with Crippen LogP contribution in [0.4, 0.5) is 0 Å². The lowest BCUT2D eigenvalue weighted by atomic mass is 9.82. The van der Waals surface area contributed by atoms with Gasteiger partial charge in [-0.05, 0) is 114 Å². The van der Waals surface area contributed by atoms with Crippen molar-refractivity contribution in [3.05, 3.63) is 175 Å². The van der Waals surface area contributed by atoms with Gasteiger partial charge < -0.3 is 30.6 Å². The van der Waals surface area contributed by atoms with Gasteiger partial charge in [0, 0.05) is 31.6 Å². The molecule has 0 aliphatic heterocycles. The lowest BCUT2D eigenvalue weighted by Gasteiger charge is -2.23. The summed E-state index contributed by atoms with van der Waals surface area (Å²) in [6.07, 6.45) is 1.86. The number of aromatic hydroxyl groups is 6. The summed E-state index contributed by atoms with van der Waals surface area (Å²) in [5, 5.41) is 66.7. The Morgan fingerprint density at radius 2 is 0.604 bits per heavy atom. The molecule has 0 saturated carbocycles. The van der Waals surface area contributed by atoms with E-state index in [1.54, 1.807) is 24.3 Å². The van der Waals surface area contributed by atoms with Crippen LogP contribution in [0.3, 0.4) is 0 Å². The van der Waals surface area contributed by atoms with Gasteiger partial charge in [0.2, 0.25) is 0 Å². The number of aryl methyl sites for hydroxylation is 4. The van der Waals surface area contributed by atoms with Crippen LogP contribution in [0.5, 0.6) is 34.5 Å². The minimum atomic E-state index is -0.180. The third kappa shape index (κ3) is 8.28. The Hall–Kier alpha value is -5.88. The third-order valence-electron chi connectivity index (χ3n) is 10.3. The maximum atomic E-state index is 11.8. The normalized spacial score (nSPS) is 11.4. The summed E-state index contributed by atoms with van der Waals surface area (Å²) in [5.41, 5.74) is 11.2. The summed E-state index contributed by atoms with van der Waals surface area (Å²) in [6.45, 7) is 9.95. The van der Waals surface area contributed by atoms with Crippen LogP contribution in [-0.2, 0) is 25.7 Å². The van der Waals surface area contributed by atoms with Gasteiger partial charge in [-0.1, -0.05) is 102 Å². The van der Waals surface area contributed by atoms with Crippen molar-refractivity contribution in [2.45, 2.75) is 72.6 Å². The quantitative estimate of drug-likeness (QED) is 0.0797. The van der Waals surface area contributed by atoms with E-state index in [1.165, 1.54) is 0 Å². The molecule has 0 radical (unpaired) electrons. The molecule has 0 unspecified atom stereocenters. The van der Waals surface area contributed by atoms with Crippen LogP contribution in [-0.4, -0.2) is 30.6 Å². The van der Waals surface area contributed by atoms with E-state index in [0.29, 0.717) is 76.6 Å². The lowest BCUT2D eigenvalue weighted by molar-refractivity contribution is 0.455. The molecule has 6 aromatic rings. The van der Waals surface area contributed by atoms with Gasteiger partial charge in [0.15, 0.2) is 0 Å². The zero-order chi connectivity index (χ0) is 38.0. The van der Waals surface area contributed by atoms with Crippen LogP contribution in [0.25, 0.3) is 0 Å². The maximum Gasteiger partial charge on any atom is 0.122 e. The molecule has 0 aliphatic carbocycles. The topological polar surface area (TPSA) is 121 Å². The molecule has 272 valence electrons. The first kappa shape index (κ1) is 36.9. The monoisotopic (exact) mass is 708 g/mol. The second kappa shape index (κ2) is 15.4. The predicted octanol–water partition coefficient (Wildman–Crippen LogP) is 10.1. The number of phenols is 6.